The van der Waals surface area contributed by atoms with Crippen molar-refractivity contribution in [2.24, 2.45) is 5.92 Å². The average molecular weight is 223 g/mol. The van der Waals surface area contributed by atoms with E-state index in [9.17, 15) is 4.39 Å². The molecule has 90 valence electrons. The van der Waals surface area contributed by atoms with Crippen molar-refractivity contribution in [3.8, 4) is 0 Å². The van der Waals surface area contributed by atoms with Crippen LogP contribution in [-0.2, 0) is 6.42 Å². The van der Waals surface area contributed by atoms with Crippen molar-refractivity contribution in [3.05, 3.63) is 35.1 Å². The van der Waals surface area contributed by atoms with Crippen LogP contribution in [0.5, 0.6) is 0 Å². The van der Waals surface area contributed by atoms with Crippen molar-refractivity contribution in [2.75, 3.05) is 6.54 Å². The van der Waals surface area contributed by atoms with Crippen molar-refractivity contribution < 1.29 is 4.39 Å². The van der Waals surface area contributed by atoms with E-state index < -0.39 is 0 Å². The number of nitrogens with one attached hydrogen (secondary N) is 1. The number of hydrogen-bond acceptors (Lipinski definition) is 1. The highest BCUT2D eigenvalue weighted by atomic mass is 19.1. The van der Waals surface area contributed by atoms with Crippen LogP contribution in [0.2, 0.25) is 0 Å². The average Bonchev–Trinajstić information content (AvgIpc) is 2.19. The second-order valence-electron chi connectivity index (χ2n) is 4.94. The third kappa shape index (κ3) is 4.31. The van der Waals surface area contributed by atoms with Crippen LogP contribution in [0.3, 0.4) is 0 Å². The molecule has 1 aromatic carbocycles. The quantitative estimate of drug-likeness (QED) is 0.807. The summed E-state index contributed by atoms with van der Waals surface area (Å²) in [7, 11) is 0. The Morgan fingerprint density at radius 1 is 1.25 bits per heavy atom. The van der Waals surface area contributed by atoms with Crippen LogP contribution in [0.15, 0.2) is 18.2 Å². The molecule has 1 unspecified atom stereocenters. The second kappa shape index (κ2) is 6.00. The number of halogens is 1. The van der Waals surface area contributed by atoms with Gasteiger partial charge in [-0.1, -0.05) is 26.8 Å². The standard InChI is InChI=1S/C14H22FN/c1-10(2)16-9-11(3)7-13-5-6-14(15)8-12(13)4/h5-6,8,10-11,16H,7,9H2,1-4H3. The second-order valence-corrected chi connectivity index (χ2v) is 4.94. The molecule has 0 fully saturated rings. The first kappa shape index (κ1) is 13.2. The molecule has 1 atom stereocenters. The SMILES string of the molecule is Cc1cc(F)ccc1CC(C)CNC(C)C. The van der Waals surface area contributed by atoms with Crippen molar-refractivity contribution in [1.29, 1.82) is 0 Å². The number of benzene rings is 1. The van der Waals surface area contributed by atoms with Crippen molar-refractivity contribution in [2.45, 2.75) is 40.2 Å². The zero-order valence-electron chi connectivity index (χ0n) is 10.7. The summed E-state index contributed by atoms with van der Waals surface area (Å²) in [5.41, 5.74) is 2.30. The summed E-state index contributed by atoms with van der Waals surface area (Å²) in [4.78, 5) is 0. The Kier molecular flexibility index (Phi) is 4.94. The molecule has 0 radical (unpaired) electrons. The minimum atomic E-state index is -0.144. The summed E-state index contributed by atoms with van der Waals surface area (Å²) >= 11 is 0. The Hall–Kier alpha value is -0.890. The number of aryl methyl sites for hydroxylation is 1. The van der Waals surface area contributed by atoms with Gasteiger partial charge in [-0.2, -0.15) is 0 Å². The lowest BCUT2D eigenvalue weighted by atomic mass is 9.97. The maximum absolute atomic E-state index is 12.9. The van der Waals surface area contributed by atoms with E-state index in [1.165, 1.54) is 5.56 Å². The Morgan fingerprint density at radius 3 is 2.50 bits per heavy atom. The van der Waals surface area contributed by atoms with E-state index in [1.807, 2.05) is 13.0 Å². The summed E-state index contributed by atoms with van der Waals surface area (Å²) in [5, 5.41) is 3.42. The molecule has 0 bridgehead atoms. The summed E-state index contributed by atoms with van der Waals surface area (Å²) in [5.74, 6) is 0.431. The zero-order valence-corrected chi connectivity index (χ0v) is 10.7. The van der Waals surface area contributed by atoms with Gasteiger partial charge in [0.2, 0.25) is 0 Å². The number of hydrogen-bond donors (Lipinski definition) is 1. The third-order valence-electron chi connectivity index (χ3n) is 2.75. The molecule has 1 nitrogen and oxygen atoms in total. The normalized spacial score (nSPS) is 13.1. The molecule has 0 spiro atoms. The first-order chi connectivity index (χ1) is 7.49. The highest BCUT2D eigenvalue weighted by molar-refractivity contribution is 5.26. The highest BCUT2D eigenvalue weighted by Gasteiger charge is 2.07. The van der Waals surface area contributed by atoms with Gasteiger partial charge in [-0.05, 0) is 49.1 Å². The van der Waals surface area contributed by atoms with Crippen LogP contribution in [0.25, 0.3) is 0 Å². The molecule has 1 N–H and O–H groups in total. The van der Waals surface area contributed by atoms with Crippen LogP contribution in [0, 0.1) is 18.7 Å². The van der Waals surface area contributed by atoms with Crippen molar-refractivity contribution in [3.63, 3.8) is 0 Å². The highest BCUT2D eigenvalue weighted by Crippen LogP contribution is 2.14. The van der Waals surface area contributed by atoms with E-state index in [0.717, 1.165) is 18.5 Å². The summed E-state index contributed by atoms with van der Waals surface area (Å²) in [6, 6.07) is 5.58. The van der Waals surface area contributed by atoms with Crippen molar-refractivity contribution in [1.82, 2.24) is 5.32 Å². The summed E-state index contributed by atoms with van der Waals surface area (Å²) in [6.45, 7) is 9.50. The molecule has 1 rings (SSSR count). The minimum Gasteiger partial charge on any atom is -0.314 e. The van der Waals surface area contributed by atoms with Gasteiger partial charge < -0.3 is 5.32 Å². The smallest absolute Gasteiger partial charge is 0.123 e. The third-order valence-corrected chi connectivity index (χ3v) is 2.75. The molecule has 0 aliphatic heterocycles. The molecule has 0 aliphatic carbocycles. The molecule has 0 saturated heterocycles. The molecule has 1 aromatic rings. The predicted molar refractivity (Wildman–Crippen MR) is 67.1 cm³/mol. The lowest BCUT2D eigenvalue weighted by Gasteiger charge is -2.16. The van der Waals surface area contributed by atoms with Gasteiger partial charge in [0.1, 0.15) is 5.82 Å². The van der Waals surface area contributed by atoms with Crippen LogP contribution < -0.4 is 5.32 Å². The fraction of sp³-hybridized carbons (Fsp3) is 0.571. The van der Waals surface area contributed by atoms with Gasteiger partial charge in [-0.15, -0.1) is 0 Å². The molecule has 0 saturated carbocycles. The fourth-order valence-corrected chi connectivity index (χ4v) is 1.77. The molecule has 16 heavy (non-hydrogen) atoms. The van der Waals surface area contributed by atoms with E-state index >= 15 is 0 Å². The molecule has 0 heterocycles. The fourth-order valence-electron chi connectivity index (χ4n) is 1.77. The van der Waals surface area contributed by atoms with Gasteiger partial charge >= 0.3 is 0 Å². The Balaban J connectivity index is 2.52. The van der Waals surface area contributed by atoms with Gasteiger partial charge in [-0.25, -0.2) is 4.39 Å². The van der Waals surface area contributed by atoms with E-state index in [0.29, 0.717) is 12.0 Å². The van der Waals surface area contributed by atoms with Gasteiger partial charge in [0, 0.05) is 6.04 Å². The van der Waals surface area contributed by atoms with E-state index in [-0.39, 0.29) is 5.82 Å². The van der Waals surface area contributed by atoms with Crippen LogP contribution >= 0.6 is 0 Å². The Morgan fingerprint density at radius 2 is 1.94 bits per heavy atom. The van der Waals surface area contributed by atoms with Crippen molar-refractivity contribution >= 4 is 0 Å². The van der Waals surface area contributed by atoms with Gasteiger partial charge in [-0.3, -0.25) is 0 Å². The van der Waals surface area contributed by atoms with Crippen LogP contribution in [0.4, 0.5) is 4.39 Å². The zero-order chi connectivity index (χ0) is 12.1. The molecular formula is C14H22FN. The summed E-state index contributed by atoms with van der Waals surface area (Å²) in [6.07, 6.45) is 1.01. The maximum atomic E-state index is 12.9. The molecular weight excluding hydrogens is 201 g/mol. The summed E-state index contributed by atoms with van der Waals surface area (Å²) < 4.78 is 12.9. The molecule has 0 aromatic heterocycles. The molecule has 2 heteroatoms. The lowest BCUT2D eigenvalue weighted by molar-refractivity contribution is 0.475. The predicted octanol–water partition coefficient (Wildman–Crippen LogP) is 3.31. The minimum absolute atomic E-state index is 0.144. The number of rotatable bonds is 5. The van der Waals surface area contributed by atoms with E-state index in [2.05, 4.69) is 26.1 Å². The van der Waals surface area contributed by atoms with Gasteiger partial charge in [0.25, 0.3) is 0 Å². The van der Waals surface area contributed by atoms with E-state index in [1.54, 1.807) is 12.1 Å². The first-order valence-corrected chi connectivity index (χ1v) is 5.97. The van der Waals surface area contributed by atoms with Crippen LogP contribution in [0.1, 0.15) is 31.9 Å². The van der Waals surface area contributed by atoms with Gasteiger partial charge in [0.15, 0.2) is 0 Å². The molecule has 0 aliphatic rings. The van der Waals surface area contributed by atoms with Gasteiger partial charge in [0.05, 0.1) is 0 Å². The van der Waals surface area contributed by atoms with Crippen LogP contribution in [-0.4, -0.2) is 12.6 Å². The van der Waals surface area contributed by atoms with E-state index in [4.69, 9.17) is 0 Å². The first-order valence-electron chi connectivity index (χ1n) is 5.97. The topological polar surface area (TPSA) is 12.0 Å². The lowest BCUT2D eigenvalue weighted by Crippen LogP contribution is -2.28. The maximum Gasteiger partial charge on any atom is 0.123 e. The molecule has 0 amide bonds. The Bertz CT molecular complexity index is 334. The largest absolute Gasteiger partial charge is 0.314 e. The Labute approximate surface area is 98.1 Å². The monoisotopic (exact) mass is 223 g/mol.